The number of carbonyl (C=O) groups is 2. The van der Waals surface area contributed by atoms with Gasteiger partial charge in [0.1, 0.15) is 0 Å². The topological polar surface area (TPSA) is 107 Å². The fraction of sp³-hybridized carbons (Fsp3) is 0.0667. The van der Waals surface area contributed by atoms with Gasteiger partial charge in [0, 0.05) is 12.1 Å². The first-order chi connectivity index (χ1) is 9.97. The molecule has 2 rings (SSSR count). The highest BCUT2D eigenvalue weighted by Gasteiger charge is 2.09. The van der Waals surface area contributed by atoms with Gasteiger partial charge in [0.25, 0.3) is 5.91 Å². The molecular weight excluding hydrogens is 274 g/mol. The molecule has 0 heterocycles. The number of hydrogen-bond donors (Lipinski definition) is 4. The average molecular weight is 287 g/mol. The Bertz CT molecular complexity index is 696. The zero-order chi connectivity index (χ0) is 15.4. The zero-order valence-corrected chi connectivity index (χ0v) is 10.9. The van der Waals surface area contributed by atoms with Gasteiger partial charge in [-0.1, -0.05) is 12.1 Å². The molecule has 0 saturated heterocycles. The highest BCUT2D eigenvalue weighted by atomic mass is 16.4. The van der Waals surface area contributed by atoms with Crippen molar-refractivity contribution in [3.8, 4) is 11.5 Å². The van der Waals surface area contributed by atoms with Crippen LogP contribution in [0.4, 0.5) is 0 Å². The molecule has 1 amide bonds. The SMILES string of the molecule is O=C(O)c1cccc(CNC(=O)c2ccc(O)c(O)c2)c1. The van der Waals surface area contributed by atoms with Crippen LogP contribution in [-0.4, -0.2) is 27.2 Å². The smallest absolute Gasteiger partial charge is 0.335 e. The molecule has 21 heavy (non-hydrogen) atoms. The highest BCUT2D eigenvalue weighted by Crippen LogP contribution is 2.24. The minimum absolute atomic E-state index is 0.143. The number of carboxylic acid groups (broad SMARTS) is 1. The molecule has 0 bridgehead atoms. The fourth-order valence-corrected chi connectivity index (χ4v) is 1.76. The quantitative estimate of drug-likeness (QED) is 0.641. The summed E-state index contributed by atoms with van der Waals surface area (Å²) in [6.45, 7) is 0.154. The third kappa shape index (κ3) is 3.50. The lowest BCUT2D eigenvalue weighted by Crippen LogP contribution is -2.22. The second-order valence-electron chi connectivity index (χ2n) is 4.39. The summed E-state index contributed by atoms with van der Waals surface area (Å²) in [7, 11) is 0. The lowest BCUT2D eigenvalue weighted by atomic mass is 10.1. The van der Waals surface area contributed by atoms with Gasteiger partial charge in [-0.05, 0) is 35.9 Å². The predicted octanol–water partition coefficient (Wildman–Crippen LogP) is 1.73. The van der Waals surface area contributed by atoms with E-state index in [2.05, 4.69) is 5.32 Å². The van der Waals surface area contributed by atoms with E-state index in [1.807, 2.05) is 0 Å². The summed E-state index contributed by atoms with van der Waals surface area (Å²) in [5, 5.41) is 30.0. The number of amides is 1. The minimum Gasteiger partial charge on any atom is -0.504 e. The number of phenolic OH excluding ortho intramolecular Hbond substituents is 2. The van der Waals surface area contributed by atoms with Crippen molar-refractivity contribution in [3.05, 3.63) is 59.2 Å². The van der Waals surface area contributed by atoms with Crippen LogP contribution in [0, 0.1) is 0 Å². The molecule has 0 aliphatic rings. The van der Waals surface area contributed by atoms with Gasteiger partial charge in [-0.3, -0.25) is 4.79 Å². The second kappa shape index (κ2) is 5.96. The number of hydrogen-bond acceptors (Lipinski definition) is 4. The summed E-state index contributed by atoms with van der Waals surface area (Å²) in [5.74, 6) is -2.16. The van der Waals surface area contributed by atoms with Crippen LogP contribution < -0.4 is 5.32 Å². The Balaban J connectivity index is 2.05. The van der Waals surface area contributed by atoms with E-state index in [4.69, 9.17) is 5.11 Å². The van der Waals surface area contributed by atoms with Gasteiger partial charge in [0.15, 0.2) is 11.5 Å². The number of carboxylic acids is 1. The van der Waals surface area contributed by atoms with E-state index >= 15 is 0 Å². The van der Waals surface area contributed by atoms with E-state index in [1.54, 1.807) is 12.1 Å². The standard InChI is InChI=1S/C15H13NO5/c17-12-5-4-10(7-13(12)18)14(19)16-8-9-2-1-3-11(6-9)15(20)21/h1-7,17-18H,8H2,(H,16,19)(H,20,21). The molecule has 0 unspecified atom stereocenters. The first-order valence-corrected chi connectivity index (χ1v) is 6.10. The Labute approximate surface area is 120 Å². The van der Waals surface area contributed by atoms with Crippen molar-refractivity contribution in [2.24, 2.45) is 0 Å². The van der Waals surface area contributed by atoms with Crippen LogP contribution in [0.1, 0.15) is 26.3 Å². The lowest BCUT2D eigenvalue weighted by Gasteiger charge is -2.07. The van der Waals surface area contributed by atoms with Gasteiger partial charge in [-0.2, -0.15) is 0 Å². The zero-order valence-electron chi connectivity index (χ0n) is 10.9. The third-order valence-electron chi connectivity index (χ3n) is 2.86. The summed E-state index contributed by atoms with van der Waals surface area (Å²) >= 11 is 0. The largest absolute Gasteiger partial charge is 0.504 e. The Morgan fingerprint density at radius 3 is 2.38 bits per heavy atom. The van der Waals surface area contributed by atoms with E-state index < -0.39 is 11.9 Å². The Kier molecular flexibility index (Phi) is 4.08. The normalized spacial score (nSPS) is 10.1. The van der Waals surface area contributed by atoms with Crippen molar-refractivity contribution in [1.82, 2.24) is 5.32 Å². The molecule has 108 valence electrons. The van der Waals surface area contributed by atoms with Crippen molar-refractivity contribution in [3.63, 3.8) is 0 Å². The fourth-order valence-electron chi connectivity index (χ4n) is 1.76. The molecule has 0 aliphatic carbocycles. The molecule has 0 spiro atoms. The van der Waals surface area contributed by atoms with E-state index in [9.17, 15) is 19.8 Å². The minimum atomic E-state index is -1.04. The van der Waals surface area contributed by atoms with Crippen LogP contribution in [0.2, 0.25) is 0 Å². The molecule has 6 heteroatoms. The Morgan fingerprint density at radius 2 is 1.71 bits per heavy atom. The Morgan fingerprint density at radius 1 is 0.952 bits per heavy atom. The number of carbonyl (C=O) groups excluding carboxylic acids is 1. The van der Waals surface area contributed by atoms with E-state index in [0.29, 0.717) is 5.56 Å². The van der Waals surface area contributed by atoms with Crippen LogP contribution in [0.5, 0.6) is 11.5 Å². The van der Waals surface area contributed by atoms with Gasteiger partial charge in [-0.25, -0.2) is 4.79 Å². The van der Waals surface area contributed by atoms with E-state index in [-0.39, 0.29) is 29.2 Å². The van der Waals surface area contributed by atoms with Crippen LogP contribution in [0.3, 0.4) is 0 Å². The van der Waals surface area contributed by atoms with Crippen LogP contribution in [0.25, 0.3) is 0 Å². The number of benzene rings is 2. The van der Waals surface area contributed by atoms with Crippen LogP contribution in [-0.2, 0) is 6.54 Å². The molecule has 0 atom stereocenters. The summed E-state index contributed by atoms with van der Waals surface area (Å²) in [6.07, 6.45) is 0. The maximum absolute atomic E-state index is 11.9. The molecule has 2 aromatic rings. The second-order valence-corrected chi connectivity index (χ2v) is 4.39. The van der Waals surface area contributed by atoms with E-state index in [0.717, 1.165) is 6.07 Å². The van der Waals surface area contributed by atoms with Crippen molar-refractivity contribution < 1.29 is 24.9 Å². The molecule has 2 aromatic carbocycles. The summed E-state index contributed by atoms with van der Waals surface area (Å²) in [6, 6.07) is 9.96. The van der Waals surface area contributed by atoms with Gasteiger partial charge in [0.05, 0.1) is 5.56 Å². The monoisotopic (exact) mass is 287 g/mol. The average Bonchev–Trinajstić information content (AvgIpc) is 2.48. The maximum atomic E-state index is 11.9. The molecule has 6 nitrogen and oxygen atoms in total. The van der Waals surface area contributed by atoms with Gasteiger partial charge < -0.3 is 20.6 Å². The molecular formula is C15H13NO5. The van der Waals surface area contributed by atoms with Crippen molar-refractivity contribution in [2.45, 2.75) is 6.54 Å². The number of phenols is 2. The number of aromatic hydroxyl groups is 2. The molecule has 0 saturated carbocycles. The summed E-state index contributed by atoms with van der Waals surface area (Å²) in [5.41, 5.74) is 0.981. The van der Waals surface area contributed by atoms with Crippen molar-refractivity contribution >= 4 is 11.9 Å². The Hall–Kier alpha value is -3.02. The van der Waals surface area contributed by atoms with Crippen molar-refractivity contribution in [1.29, 1.82) is 0 Å². The summed E-state index contributed by atoms with van der Waals surface area (Å²) in [4.78, 5) is 22.7. The van der Waals surface area contributed by atoms with Crippen molar-refractivity contribution in [2.75, 3.05) is 0 Å². The number of rotatable bonds is 4. The first kappa shape index (κ1) is 14.4. The van der Waals surface area contributed by atoms with Crippen LogP contribution in [0.15, 0.2) is 42.5 Å². The maximum Gasteiger partial charge on any atom is 0.335 e. The number of nitrogens with one attached hydrogen (secondary N) is 1. The number of aromatic carboxylic acids is 1. The van der Waals surface area contributed by atoms with E-state index in [1.165, 1.54) is 24.3 Å². The van der Waals surface area contributed by atoms with Crippen LogP contribution >= 0.6 is 0 Å². The highest BCUT2D eigenvalue weighted by molar-refractivity contribution is 5.94. The first-order valence-electron chi connectivity index (χ1n) is 6.10. The van der Waals surface area contributed by atoms with Gasteiger partial charge in [0.2, 0.25) is 0 Å². The molecule has 0 aromatic heterocycles. The molecule has 4 N–H and O–H groups in total. The molecule has 0 fully saturated rings. The van der Waals surface area contributed by atoms with Gasteiger partial charge >= 0.3 is 5.97 Å². The summed E-state index contributed by atoms with van der Waals surface area (Å²) < 4.78 is 0. The molecule has 0 aliphatic heterocycles. The third-order valence-corrected chi connectivity index (χ3v) is 2.86. The van der Waals surface area contributed by atoms with Gasteiger partial charge in [-0.15, -0.1) is 0 Å². The lowest BCUT2D eigenvalue weighted by molar-refractivity contribution is 0.0696. The predicted molar refractivity (Wildman–Crippen MR) is 74.3 cm³/mol. The molecule has 0 radical (unpaired) electrons.